The molecule has 106 valence electrons. The van der Waals surface area contributed by atoms with Gasteiger partial charge in [0.1, 0.15) is 5.60 Å². The smallest absolute Gasteiger partial charge is 0.258 e. The monoisotopic (exact) mass is 273 g/mol. The minimum atomic E-state index is -0.736. The van der Waals surface area contributed by atoms with Gasteiger partial charge in [-0.15, -0.1) is 0 Å². The topological polar surface area (TPSA) is 46.6 Å². The Morgan fingerprint density at radius 1 is 1.30 bits per heavy atom. The number of benzene rings is 1. The van der Waals surface area contributed by atoms with Crippen LogP contribution in [0.1, 0.15) is 43.0 Å². The molecule has 0 aliphatic carbocycles. The van der Waals surface area contributed by atoms with E-state index in [-0.39, 0.29) is 11.7 Å². The molecular formula is C16H19NO3. The van der Waals surface area contributed by atoms with Crippen LogP contribution in [0.25, 0.3) is 0 Å². The molecule has 1 amide bonds. The van der Waals surface area contributed by atoms with Crippen LogP contribution in [0.2, 0.25) is 0 Å². The molecular weight excluding hydrogens is 254 g/mol. The molecule has 0 bridgehead atoms. The zero-order chi connectivity index (χ0) is 14.2. The molecule has 2 heterocycles. The molecule has 0 radical (unpaired) electrons. The van der Waals surface area contributed by atoms with Gasteiger partial charge in [-0.3, -0.25) is 9.59 Å². The van der Waals surface area contributed by atoms with Gasteiger partial charge in [-0.2, -0.15) is 0 Å². The molecule has 1 atom stereocenters. The fourth-order valence-corrected chi connectivity index (χ4v) is 3.04. The minimum Gasteiger partial charge on any atom is -0.365 e. The Hall–Kier alpha value is -1.68. The highest BCUT2D eigenvalue weighted by Crippen LogP contribution is 2.33. The van der Waals surface area contributed by atoms with Crippen LogP contribution >= 0.6 is 0 Å². The van der Waals surface area contributed by atoms with Gasteiger partial charge >= 0.3 is 0 Å². The molecule has 0 spiro atoms. The lowest BCUT2D eigenvalue weighted by atomic mass is 10.00. The molecule has 4 heteroatoms. The molecule has 1 aromatic rings. The van der Waals surface area contributed by atoms with Crippen LogP contribution in [0.5, 0.6) is 0 Å². The molecule has 3 rings (SSSR count). The van der Waals surface area contributed by atoms with Gasteiger partial charge in [0.15, 0.2) is 5.78 Å². The highest BCUT2D eigenvalue weighted by molar-refractivity contribution is 6.08. The predicted molar refractivity (Wildman–Crippen MR) is 76.0 cm³/mol. The van der Waals surface area contributed by atoms with Crippen molar-refractivity contribution >= 4 is 17.4 Å². The van der Waals surface area contributed by atoms with Crippen molar-refractivity contribution in [3.8, 4) is 0 Å². The molecule has 20 heavy (non-hydrogen) atoms. The number of hydrogen-bond acceptors (Lipinski definition) is 3. The van der Waals surface area contributed by atoms with Gasteiger partial charge in [0, 0.05) is 25.1 Å². The largest absolute Gasteiger partial charge is 0.365 e. The number of fused-ring (bicyclic) bond motifs is 1. The summed E-state index contributed by atoms with van der Waals surface area (Å²) in [6.45, 7) is 3.08. The summed E-state index contributed by atoms with van der Waals surface area (Å²) < 4.78 is 5.66. The number of carbonyl (C=O) groups is 2. The Labute approximate surface area is 118 Å². The number of para-hydroxylation sites is 1. The van der Waals surface area contributed by atoms with E-state index in [1.54, 1.807) is 11.0 Å². The number of Topliss-reactive ketones (excluding diaryl/α,β-unsaturated/α-hetero) is 1. The van der Waals surface area contributed by atoms with Gasteiger partial charge in [-0.1, -0.05) is 12.1 Å². The number of rotatable bonds is 1. The fourth-order valence-electron chi connectivity index (χ4n) is 3.04. The zero-order valence-electron chi connectivity index (χ0n) is 11.7. The first-order valence-electron chi connectivity index (χ1n) is 7.20. The molecule has 0 saturated carbocycles. The summed E-state index contributed by atoms with van der Waals surface area (Å²) in [5, 5.41) is 0. The summed E-state index contributed by atoms with van der Waals surface area (Å²) in [7, 11) is 0. The maximum absolute atomic E-state index is 12.8. The Bertz CT molecular complexity index is 546. The molecule has 2 aliphatic rings. The highest BCUT2D eigenvalue weighted by atomic mass is 16.5. The van der Waals surface area contributed by atoms with Crippen molar-refractivity contribution in [2.24, 2.45) is 0 Å². The van der Waals surface area contributed by atoms with Gasteiger partial charge < -0.3 is 9.64 Å². The van der Waals surface area contributed by atoms with Crippen molar-refractivity contribution in [3.05, 3.63) is 29.8 Å². The van der Waals surface area contributed by atoms with Crippen molar-refractivity contribution < 1.29 is 14.3 Å². The van der Waals surface area contributed by atoms with Crippen LogP contribution in [-0.2, 0) is 9.53 Å². The quantitative estimate of drug-likeness (QED) is 0.790. The second-order valence-corrected chi connectivity index (χ2v) is 5.68. The third kappa shape index (κ3) is 2.14. The third-order valence-electron chi connectivity index (χ3n) is 4.20. The summed E-state index contributed by atoms with van der Waals surface area (Å²) in [6.07, 6.45) is 2.86. The number of ether oxygens (including phenoxy) is 1. The Morgan fingerprint density at radius 2 is 2.10 bits per heavy atom. The predicted octanol–water partition coefficient (Wildman–Crippen LogP) is 2.57. The van der Waals surface area contributed by atoms with E-state index in [4.69, 9.17) is 4.74 Å². The summed E-state index contributed by atoms with van der Waals surface area (Å²) >= 11 is 0. The van der Waals surface area contributed by atoms with E-state index in [0.717, 1.165) is 18.5 Å². The minimum absolute atomic E-state index is 0.0165. The first-order chi connectivity index (χ1) is 9.62. The average Bonchev–Trinajstić information content (AvgIpc) is 2.84. The summed E-state index contributed by atoms with van der Waals surface area (Å²) in [4.78, 5) is 26.7. The van der Waals surface area contributed by atoms with E-state index in [2.05, 4.69) is 0 Å². The van der Waals surface area contributed by atoms with Crippen molar-refractivity contribution in [1.82, 2.24) is 0 Å². The van der Waals surface area contributed by atoms with Crippen LogP contribution in [0, 0.1) is 0 Å². The lowest BCUT2D eigenvalue weighted by Crippen LogP contribution is -2.47. The molecule has 1 unspecified atom stereocenters. The molecule has 4 nitrogen and oxygen atoms in total. The van der Waals surface area contributed by atoms with Gasteiger partial charge in [0.2, 0.25) is 0 Å². The maximum Gasteiger partial charge on any atom is 0.258 e. The van der Waals surface area contributed by atoms with Crippen LogP contribution in [0.4, 0.5) is 5.69 Å². The number of amides is 1. The summed E-state index contributed by atoms with van der Waals surface area (Å²) in [5.41, 5.74) is 0.650. The molecule has 1 saturated heterocycles. The number of nitrogens with zero attached hydrogens (tertiary/aromatic N) is 1. The molecule has 2 aliphatic heterocycles. The van der Waals surface area contributed by atoms with Crippen LogP contribution in [0.15, 0.2) is 24.3 Å². The van der Waals surface area contributed by atoms with E-state index in [1.165, 1.54) is 0 Å². The van der Waals surface area contributed by atoms with Crippen LogP contribution < -0.4 is 4.90 Å². The Kier molecular flexibility index (Phi) is 3.34. The van der Waals surface area contributed by atoms with Crippen molar-refractivity contribution in [3.63, 3.8) is 0 Å². The first kappa shape index (κ1) is 13.3. The first-order valence-corrected chi connectivity index (χ1v) is 7.20. The Morgan fingerprint density at radius 3 is 2.85 bits per heavy atom. The summed E-state index contributed by atoms with van der Waals surface area (Å²) in [6, 6.07) is 7.38. The SMILES string of the molecule is CC1(C(=O)N2CCCC(=O)c3ccccc32)CCCO1. The zero-order valence-corrected chi connectivity index (χ0v) is 11.7. The number of ketones is 1. The van der Waals surface area contributed by atoms with Crippen molar-refractivity contribution in [2.45, 2.75) is 38.2 Å². The standard InChI is InChI=1S/C16H19NO3/c1-16(9-5-11-20-16)15(19)17-10-4-8-14(18)12-6-2-3-7-13(12)17/h2-3,6-7H,4-5,8-11H2,1H3. The number of carbonyl (C=O) groups excluding carboxylic acids is 2. The molecule has 0 aromatic heterocycles. The average molecular weight is 273 g/mol. The number of hydrogen-bond donors (Lipinski definition) is 0. The van der Waals surface area contributed by atoms with E-state index in [9.17, 15) is 9.59 Å². The normalized spacial score (nSPS) is 26.2. The third-order valence-corrected chi connectivity index (χ3v) is 4.20. The molecule has 1 aromatic carbocycles. The van der Waals surface area contributed by atoms with Gasteiger partial charge in [0.25, 0.3) is 5.91 Å². The fraction of sp³-hybridized carbons (Fsp3) is 0.500. The van der Waals surface area contributed by atoms with Crippen molar-refractivity contribution in [1.29, 1.82) is 0 Å². The second-order valence-electron chi connectivity index (χ2n) is 5.68. The lowest BCUT2D eigenvalue weighted by molar-refractivity contribution is -0.136. The molecule has 1 fully saturated rings. The summed E-state index contributed by atoms with van der Waals surface area (Å²) in [5.74, 6) is 0.102. The van der Waals surface area contributed by atoms with E-state index >= 15 is 0 Å². The molecule has 0 N–H and O–H groups in total. The van der Waals surface area contributed by atoms with E-state index < -0.39 is 5.60 Å². The van der Waals surface area contributed by atoms with Gasteiger partial charge in [0.05, 0.1) is 5.69 Å². The number of anilines is 1. The van der Waals surface area contributed by atoms with E-state index in [1.807, 2.05) is 25.1 Å². The van der Waals surface area contributed by atoms with Crippen molar-refractivity contribution in [2.75, 3.05) is 18.1 Å². The maximum atomic E-state index is 12.8. The van der Waals surface area contributed by atoms with E-state index in [0.29, 0.717) is 31.6 Å². The van der Waals surface area contributed by atoms with Crippen LogP contribution in [0.3, 0.4) is 0 Å². The highest BCUT2D eigenvalue weighted by Gasteiger charge is 2.42. The van der Waals surface area contributed by atoms with Gasteiger partial charge in [-0.25, -0.2) is 0 Å². The second kappa shape index (κ2) is 5.02. The van der Waals surface area contributed by atoms with Gasteiger partial charge in [-0.05, 0) is 38.3 Å². The Balaban J connectivity index is 1.99. The van der Waals surface area contributed by atoms with Crippen LogP contribution in [-0.4, -0.2) is 30.4 Å². The lowest BCUT2D eigenvalue weighted by Gasteiger charge is -2.31.